The van der Waals surface area contributed by atoms with Crippen molar-refractivity contribution in [3.63, 3.8) is 0 Å². The van der Waals surface area contributed by atoms with Crippen molar-refractivity contribution < 1.29 is 9.53 Å². The highest BCUT2D eigenvalue weighted by Crippen LogP contribution is 2.20. The van der Waals surface area contributed by atoms with E-state index < -0.39 is 5.60 Å². The van der Waals surface area contributed by atoms with E-state index in [0.717, 1.165) is 19.4 Å². The molecule has 2 N–H and O–H groups in total. The SMILES string of the molecule is CC1(C(=O)NC2CCCC2)CNCCO1. The van der Waals surface area contributed by atoms with E-state index in [1.807, 2.05) is 6.92 Å². The predicted molar refractivity (Wildman–Crippen MR) is 57.6 cm³/mol. The fourth-order valence-corrected chi connectivity index (χ4v) is 2.28. The lowest BCUT2D eigenvalue weighted by atomic mass is 10.0. The van der Waals surface area contributed by atoms with E-state index in [4.69, 9.17) is 4.74 Å². The van der Waals surface area contributed by atoms with Gasteiger partial charge in [0, 0.05) is 19.1 Å². The highest BCUT2D eigenvalue weighted by atomic mass is 16.5. The fraction of sp³-hybridized carbons (Fsp3) is 0.909. The number of rotatable bonds is 2. The Morgan fingerprint density at radius 3 is 2.80 bits per heavy atom. The Hall–Kier alpha value is -0.610. The molecule has 0 radical (unpaired) electrons. The fourth-order valence-electron chi connectivity index (χ4n) is 2.28. The van der Waals surface area contributed by atoms with Crippen LogP contribution in [0, 0.1) is 0 Å². The first kappa shape index (κ1) is 10.9. The summed E-state index contributed by atoms with van der Waals surface area (Å²) in [6.45, 7) is 3.94. The average molecular weight is 212 g/mol. The van der Waals surface area contributed by atoms with Crippen LogP contribution in [0.15, 0.2) is 0 Å². The molecule has 1 saturated heterocycles. The lowest BCUT2D eigenvalue weighted by molar-refractivity contribution is -0.148. The molecular weight excluding hydrogens is 192 g/mol. The molecule has 0 bridgehead atoms. The van der Waals surface area contributed by atoms with Gasteiger partial charge in [0.05, 0.1) is 6.61 Å². The van der Waals surface area contributed by atoms with E-state index in [-0.39, 0.29) is 5.91 Å². The summed E-state index contributed by atoms with van der Waals surface area (Å²) >= 11 is 0. The minimum atomic E-state index is -0.666. The number of carbonyl (C=O) groups excluding carboxylic acids is 1. The molecule has 4 heteroatoms. The van der Waals surface area contributed by atoms with Gasteiger partial charge in [0.15, 0.2) is 5.60 Å². The predicted octanol–water partition coefficient (Wildman–Crippen LogP) is 0.424. The van der Waals surface area contributed by atoms with Crippen LogP contribution >= 0.6 is 0 Å². The minimum Gasteiger partial charge on any atom is -0.363 e. The summed E-state index contributed by atoms with van der Waals surface area (Å²) in [4.78, 5) is 12.0. The molecule has 1 unspecified atom stereocenters. The zero-order valence-electron chi connectivity index (χ0n) is 9.34. The van der Waals surface area contributed by atoms with Crippen LogP contribution in [0.1, 0.15) is 32.6 Å². The Morgan fingerprint density at radius 1 is 1.47 bits per heavy atom. The van der Waals surface area contributed by atoms with Crippen molar-refractivity contribution in [2.24, 2.45) is 0 Å². The molecule has 2 fully saturated rings. The Morgan fingerprint density at radius 2 is 2.20 bits per heavy atom. The number of morpholine rings is 1. The first-order valence-corrected chi connectivity index (χ1v) is 5.86. The molecule has 1 atom stereocenters. The van der Waals surface area contributed by atoms with Gasteiger partial charge in [-0.3, -0.25) is 4.79 Å². The maximum absolute atomic E-state index is 12.0. The second-order valence-corrected chi connectivity index (χ2v) is 4.71. The Balaban J connectivity index is 1.87. The van der Waals surface area contributed by atoms with Gasteiger partial charge < -0.3 is 15.4 Å². The van der Waals surface area contributed by atoms with E-state index >= 15 is 0 Å². The molecule has 1 saturated carbocycles. The maximum atomic E-state index is 12.0. The molecule has 1 heterocycles. The van der Waals surface area contributed by atoms with Crippen molar-refractivity contribution in [3.05, 3.63) is 0 Å². The Kier molecular flexibility index (Phi) is 3.26. The number of nitrogens with one attached hydrogen (secondary N) is 2. The summed E-state index contributed by atoms with van der Waals surface area (Å²) in [5.74, 6) is 0.0431. The van der Waals surface area contributed by atoms with Crippen molar-refractivity contribution >= 4 is 5.91 Å². The largest absolute Gasteiger partial charge is 0.363 e. The van der Waals surface area contributed by atoms with Crippen molar-refractivity contribution in [3.8, 4) is 0 Å². The van der Waals surface area contributed by atoms with Crippen LogP contribution in [-0.4, -0.2) is 37.2 Å². The molecule has 0 aromatic rings. The number of hydrogen-bond acceptors (Lipinski definition) is 3. The van der Waals surface area contributed by atoms with Gasteiger partial charge in [-0.05, 0) is 19.8 Å². The summed E-state index contributed by atoms with van der Waals surface area (Å²) in [6.07, 6.45) is 4.71. The highest BCUT2D eigenvalue weighted by Gasteiger charge is 2.37. The molecule has 0 spiro atoms. The maximum Gasteiger partial charge on any atom is 0.253 e. The summed E-state index contributed by atoms with van der Waals surface area (Å²) in [7, 11) is 0. The van der Waals surface area contributed by atoms with Crippen LogP contribution in [0.25, 0.3) is 0 Å². The van der Waals surface area contributed by atoms with Crippen LogP contribution in [-0.2, 0) is 9.53 Å². The molecule has 4 nitrogen and oxygen atoms in total. The van der Waals surface area contributed by atoms with E-state index in [2.05, 4.69) is 10.6 Å². The van der Waals surface area contributed by atoms with E-state index in [9.17, 15) is 4.79 Å². The monoisotopic (exact) mass is 212 g/mol. The number of amides is 1. The van der Waals surface area contributed by atoms with Crippen molar-refractivity contribution in [2.75, 3.05) is 19.7 Å². The van der Waals surface area contributed by atoms with Gasteiger partial charge in [-0.15, -0.1) is 0 Å². The molecule has 0 aromatic carbocycles. The Bertz CT molecular complexity index is 231. The molecule has 15 heavy (non-hydrogen) atoms. The van der Waals surface area contributed by atoms with Gasteiger partial charge in [0.1, 0.15) is 0 Å². The zero-order valence-corrected chi connectivity index (χ0v) is 9.34. The second-order valence-electron chi connectivity index (χ2n) is 4.71. The quantitative estimate of drug-likeness (QED) is 0.697. The van der Waals surface area contributed by atoms with Gasteiger partial charge >= 0.3 is 0 Å². The summed E-state index contributed by atoms with van der Waals surface area (Å²) < 4.78 is 5.56. The second kappa shape index (κ2) is 4.49. The molecule has 1 amide bonds. The molecule has 86 valence electrons. The number of ether oxygens (including phenoxy) is 1. The average Bonchev–Trinajstić information content (AvgIpc) is 2.71. The van der Waals surface area contributed by atoms with E-state index in [1.165, 1.54) is 12.8 Å². The number of hydrogen-bond donors (Lipinski definition) is 2. The van der Waals surface area contributed by atoms with Crippen LogP contribution in [0.2, 0.25) is 0 Å². The normalized spacial score (nSPS) is 32.9. The smallest absolute Gasteiger partial charge is 0.253 e. The van der Waals surface area contributed by atoms with Gasteiger partial charge in [0.2, 0.25) is 0 Å². The molecular formula is C11H20N2O2. The lowest BCUT2D eigenvalue weighted by Crippen LogP contribution is -2.58. The highest BCUT2D eigenvalue weighted by molar-refractivity contribution is 5.85. The molecule has 1 aliphatic heterocycles. The zero-order chi connectivity index (χ0) is 10.7. The summed E-state index contributed by atoms with van der Waals surface area (Å²) in [5.41, 5.74) is -0.666. The van der Waals surface area contributed by atoms with Crippen molar-refractivity contribution in [1.82, 2.24) is 10.6 Å². The van der Waals surface area contributed by atoms with Crippen LogP contribution in [0.5, 0.6) is 0 Å². The van der Waals surface area contributed by atoms with Crippen LogP contribution < -0.4 is 10.6 Å². The molecule has 2 aliphatic rings. The van der Waals surface area contributed by atoms with Crippen molar-refractivity contribution in [2.45, 2.75) is 44.2 Å². The Labute approximate surface area is 90.8 Å². The standard InChI is InChI=1S/C11H20N2O2/c1-11(8-12-6-7-15-11)10(14)13-9-4-2-3-5-9/h9,12H,2-8H2,1H3,(H,13,14). The topological polar surface area (TPSA) is 50.4 Å². The first-order chi connectivity index (χ1) is 7.21. The first-order valence-electron chi connectivity index (χ1n) is 5.86. The molecule has 1 aliphatic carbocycles. The van der Waals surface area contributed by atoms with Crippen molar-refractivity contribution in [1.29, 1.82) is 0 Å². The van der Waals surface area contributed by atoms with Gasteiger partial charge in [-0.2, -0.15) is 0 Å². The summed E-state index contributed by atoms with van der Waals surface area (Å²) in [6, 6.07) is 0.375. The van der Waals surface area contributed by atoms with Gasteiger partial charge in [0.25, 0.3) is 5.91 Å². The van der Waals surface area contributed by atoms with Crippen LogP contribution in [0.3, 0.4) is 0 Å². The van der Waals surface area contributed by atoms with E-state index in [1.54, 1.807) is 0 Å². The van der Waals surface area contributed by atoms with Gasteiger partial charge in [-0.25, -0.2) is 0 Å². The third-order valence-corrected chi connectivity index (χ3v) is 3.33. The molecule has 2 rings (SSSR count). The minimum absolute atomic E-state index is 0.0431. The third kappa shape index (κ3) is 2.49. The molecule has 0 aromatic heterocycles. The third-order valence-electron chi connectivity index (χ3n) is 3.33. The van der Waals surface area contributed by atoms with Crippen LogP contribution in [0.4, 0.5) is 0 Å². The summed E-state index contributed by atoms with van der Waals surface area (Å²) in [5, 5.41) is 6.28. The lowest BCUT2D eigenvalue weighted by Gasteiger charge is -2.33. The van der Waals surface area contributed by atoms with E-state index in [0.29, 0.717) is 19.2 Å². The van der Waals surface area contributed by atoms with Gasteiger partial charge in [-0.1, -0.05) is 12.8 Å². The number of carbonyl (C=O) groups is 1.